The highest BCUT2D eigenvalue weighted by Crippen LogP contribution is 2.36. The van der Waals surface area contributed by atoms with Crippen LogP contribution in [0.4, 0.5) is 5.82 Å². The van der Waals surface area contributed by atoms with E-state index in [0.29, 0.717) is 0 Å². The Morgan fingerprint density at radius 3 is 2.56 bits per heavy atom. The molecule has 2 aromatic heterocycles. The summed E-state index contributed by atoms with van der Waals surface area (Å²) in [5.41, 5.74) is 2.99. The summed E-state index contributed by atoms with van der Waals surface area (Å²) in [6.07, 6.45) is 3.85. The molecule has 1 aromatic carbocycles. The molecule has 25 heavy (non-hydrogen) atoms. The number of nitrogens with zero attached hydrogens (tertiary/aromatic N) is 4. The summed E-state index contributed by atoms with van der Waals surface area (Å²) >= 11 is 0. The maximum atomic E-state index is 10.5. The number of pyridine rings is 1. The van der Waals surface area contributed by atoms with Crippen LogP contribution in [0, 0.1) is 6.92 Å². The first kappa shape index (κ1) is 15.7. The van der Waals surface area contributed by atoms with Crippen molar-refractivity contribution in [3.63, 3.8) is 0 Å². The minimum absolute atomic E-state index is 0.0826. The van der Waals surface area contributed by atoms with E-state index in [1.807, 2.05) is 43.3 Å². The molecule has 1 fully saturated rings. The molecule has 0 bridgehead atoms. The smallest absolute Gasteiger partial charge is 0.133 e. The van der Waals surface area contributed by atoms with Crippen LogP contribution in [0.25, 0.3) is 11.3 Å². The highest BCUT2D eigenvalue weighted by molar-refractivity contribution is 5.63. The summed E-state index contributed by atoms with van der Waals surface area (Å²) in [5.74, 6) is 1.57. The Morgan fingerprint density at radius 1 is 1.04 bits per heavy atom. The van der Waals surface area contributed by atoms with E-state index in [4.69, 9.17) is 0 Å². The SMILES string of the molecule is Cc1nc(-c2ccncc2)cc(N2CC[C@@H](O)[C@H]2c2ccccc2)n1. The highest BCUT2D eigenvalue weighted by Gasteiger charge is 2.35. The first-order valence-electron chi connectivity index (χ1n) is 8.48. The molecule has 0 spiro atoms. The fourth-order valence-corrected chi connectivity index (χ4v) is 3.46. The van der Waals surface area contributed by atoms with Gasteiger partial charge in [-0.25, -0.2) is 9.97 Å². The molecule has 126 valence electrons. The van der Waals surface area contributed by atoms with Gasteiger partial charge in [0.05, 0.1) is 17.8 Å². The van der Waals surface area contributed by atoms with Crippen molar-refractivity contribution >= 4 is 5.82 Å². The minimum atomic E-state index is -0.401. The Hall–Kier alpha value is -2.79. The van der Waals surface area contributed by atoms with Crippen LogP contribution in [-0.4, -0.2) is 32.7 Å². The summed E-state index contributed by atoms with van der Waals surface area (Å²) in [4.78, 5) is 15.5. The molecule has 0 radical (unpaired) electrons. The number of aryl methyl sites for hydroxylation is 1. The van der Waals surface area contributed by atoms with Crippen molar-refractivity contribution in [2.75, 3.05) is 11.4 Å². The standard InChI is InChI=1S/C20H20N4O/c1-14-22-17(15-7-10-21-11-8-15)13-19(23-14)24-12-9-18(25)20(24)16-5-3-2-4-6-16/h2-8,10-11,13,18,20,25H,9,12H2,1H3/t18-,20-/m1/s1. The average molecular weight is 332 g/mol. The molecule has 3 heterocycles. The van der Waals surface area contributed by atoms with Crippen molar-refractivity contribution in [1.29, 1.82) is 0 Å². The van der Waals surface area contributed by atoms with Gasteiger partial charge in [0.1, 0.15) is 11.6 Å². The highest BCUT2D eigenvalue weighted by atomic mass is 16.3. The van der Waals surface area contributed by atoms with Gasteiger partial charge < -0.3 is 10.0 Å². The van der Waals surface area contributed by atoms with Gasteiger partial charge in [-0.05, 0) is 31.0 Å². The lowest BCUT2D eigenvalue weighted by molar-refractivity contribution is 0.165. The topological polar surface area (TPSA) is 62.1 Å². The lowest BCUT2D eigenvalue weighted by atomic mass is 10.0. The van der Waals surface area contributed by atoms with Crippen molar-refractivity contribution in [3.8, 4) is 11.3 Å². The molecular weight excluding hydrogens is 312 g/mol. The van der Waals surface area contributed by atoms with Crippen LogP contribution in [0.1, 0.15) is 23.9 Å². The molecule has 1 saturated heterocycles. The van der Waals surface area contributed by atoms with Crippen LogP contribution in [0.2, 0.25) is 0 Å². The maximum Gasteiger partial charge on any atom is 0.133 e. The molecule has 1 aliphatic heterocycles. The predicted molar refractivity (Wildman–Crippen MR) is 97.2 cm³/mol. The van der Waals surface area contributed by atoms with Gasteiger partial charge in [-0.15, -0.1) is 0 Å². The van der Waals surface area contributed by atoms with Gasteiger partial charge in [-0.1, -0.05) is 30.3 Å². The second-order valence-corrected chi connectivity index (χ2v) is 6.30. The number of rotatable bonds is 3. The summed E-state index contributed by atoms with van der Waals surface area (Å²) in [6.45, 7) is 2.67. The fourth-order valence-electron chi connectivity index (χ4n) is 3.46. The van der Waals surface area contributed by atoms with Gasteiger partial charge >= 0.3 is 0 Å². The summed E-state index contributed by atoms with van der Waals surface area (Å²) in [5, 5.41) is 10.5. The third kappa shape index (κ3) is 3.10. The van der Waals surface area contributed by atoms with Gasteiger partial charge in [0.25, 0.3) is 0 Å². The molecule has 0 amide bonds. The quantitative estimate of drug-likeness (QED) is 0.798. The molecule has 2 atom stereocenters. The Bertz CT molecular complexity index is 854. The van der Waals surface area contributed by atoms with E-state index in [-0.39, 0.29) is 6.04 Å². The first-order valence-corrected chi connectivity index (χ1v) is 8.48. The molecule has 4 rings (SSSR count). The summed E-state index contributed by atoms with van der Waals surface area (Å²) in [6, 6.07) is 15.9. The molecule has 1 aliphatic rings. The van der Waals surface area contributed by atoms with E-state index in [2.05, 4.69) is 32.0 Å². The molecule has 1 N–H and O–H groups in total. The molecule has 5 heteroatoms. The lowest BCUT2D eigenvalue weighted by Gasteiger charge is -2.28. The molecule has 0 unspecified atom stereocenters. The third-order valence-corrected chi connectivity index (χ3v) is 4.60. The summed E-state index contributed by atoms with van der Waals surface area (Å²) in [7, 11) is 0. The normalized spacial score (nSPS) is 20.0. The summed E-state index contributed by atoms with van der Waals surface area (Å²) < 4.78 is 0. The van der Waals surface area contributed by atoms with Gasteiger partial charge in [0.2, 0.25) is 0 Å². The van der Waals surface area contributed by atoms with E-state index in [1.54, 1.807) is 12.4 Å². The van der Waals surface area contributed by atoms with E-state index < -0.39 is 6.10 Å². The number of hydrogen-bond donors (Lipinski definition) is 1. The predicted octanol–water partition coefficient (Wildman–Crippen LogP) is 3.16. The van der Waals surface area contributed by atoms with E-state index >= 15 is 0 Å². The Morgan fingerprint density at radius 2 is 1.80 bits per heavy atom. The van der Waals surface area contributed by atoms with Gasteiger partial charge in [-0.3, -0.25) is 4.98 Å². The maximum absolute atomic E-state index is 10.5. The van der Waals surface area contributed by atoms with Crippen molar-refractivity contribution in [2.45, 2.75) is 25.5 Å². The van der Waals surface area contributed by atoms with Crippen LogP contribution in [0.5, 0.6) is 0 Å². The second kappa shape index (κ2) is 6.61. The van der Waals surface area contributed by atoms with Crippen molar-refractivity contribution in [3.05, 3.63) is 72.3 Å². The molecular formula is C20H20N4O. The number of aromatic nitrogens is 3. The number of benzene rings is 1. The van der Waals surface area contributed by atoms with Crippen LogP contribution in [0.3, 0.4) is 0 Å². The van der Waals surface area contributed by atoms with Crippen LogP contribution in [0.15, 0.2) is 60.9 Å². The van der Waals surface area contributed by atoms with E-state index in [0.717, 1.165) is 41.4 Å². The Kier molecular flexibility index (Phi) is 4.15. The van der Waals surface area contributed by atoms with Crippen molar-refractivity contribution < 1.29 is 5.11 Å². The monoisotopic (exact) mass is 332 g/mol. The fraction of sp³-hybridized carbons (Fsp3) is 0.250. The minimum Gasteiger partial charge on any atom is -0.391 e. The van der Waals surface area contributed by atoms with Crippen molar-refractivity contribution in [1.82, 2.24) is 15.0 Å². The average Bonchev–Trinajstić information content (AvgIpc) is 3.04. The Labute approximate surface area is 147 Å². The van der Waals surface area contributed by atoms with Crippen molar-refractivity contribution in [2.24, 2.45) is 0 Å². The lowest BCUT2D eigenvalue weighted by Crippen LogP contribution is -2.28. The number of aliphatic hydroxyl groups is 1. The zero-order valence-electron chi connectivity index (χ0n) is 14.1. The van der Waals surface area contributed by atoms with Gasteiger partial charge in [0.15, 0.2) is 0 Å². The third-order valence-electron chi connectivity index (χ3n) is 4.60. The zero-order chi connectivity index (χ0) is 17.2. The second-order valence-electron chi connectivity index (χ2n) is 6.30. The number of hydrogen-bond acceptors (Lipinski definition) is 5. The van der Waals surface area contributed by atoms with Crippen LogP contribution in [-0.2, 0) is 0 Å². The van der Waals surface area contributed by atoms with E-state index in [9.17, 15) is 5.11 Å². The molecule has 5 nitrogen and oxygen atoms in total. The number of aliphatic hydroxyl groups excluding tert-OH is 1. The molecule has 3 aromatic rings. The number of anilines is 1. The van der Waals surface area contributed by atoms with Crippen LogP contribution >= 0.6 is 0 Å². The first-order chi connectivity index (χ1) is 12.2. The zero-order valence-corrected chi connectivity index (χ0v) is 14.1. The Balaban J connectivity index is 1.75. The van der Waals surface area contributed by atoms with Gasteiger partial charge in [-0.2, -0.15) is 0 Å². The van der Waals surface area contributed by atoms with E-state index in [1.165, 1.54) is 0 Å². The van der Waals surface area contributed by atoms with Gasteiger partial charge in [0, 0.05) is 30.6 Å². The largest absolute Gasteiger partial charge is 0.391 e. The molecule has 0 saturated carbocycles. The van der Waals surface area contributed by atoms with Crippen LogP contribution < -0.4 is 4.90 Å². The molecule has 0 aliphatic carbocycles.